The fourth-order valence-corrected chi connectivity index (χ4v) is 9.42. The molecule has 0 N–H and O–H groups in total. The van der Waals surface area contributed by atoms with Gasteiger partial charge in [0, 0.05) is 22.7 Å². The van der Waals surface area contributed by atoms with Crippen LogP contribution in [0.3, 0.4) is 0 Å². The monoisotopic (exact) mass is 748 g/mol. The van der Waals surface area contributed by atoms with Crippen LogP contribution in [0.15, 0.2) is 219 Å². The minimum absolute atomic E-state index is 0.971. The molecule has 59 heavy (non-hydrogen) atoms. The number of para-hydroxylation sites is 1. The first-order chi connectivity index (χ1) is 29.2. The van der Waals surface area contributed by atoms with Crippen molar-refractivity contribution in [3.05, 3.63) is 219 Å². The lowest BCUT2D eigenvalue weighted by Crippen LogP contribution is -1.94. The number of nitrogens with zero attached hydrogens (tertiary/aromatic N) is 2. The zero-order valence-electron chi connectivity index (χ0n) is 32.2. The summed E-state index contributed by atoms with van der Waals surface area (Å²) in [5, 5.41) is 12.4. The maximum atomic E-state index is 4.81. The molecule has 0 bridgehead atoms. The minimum atomic E-state index is 0.971. The van der Waals surface area contributed by atoms with Gasteiger partial charge in [-0.1, -0.05) is 152 Å². The standard InChI is InChI=1S/C57H36N2/c1-2-16-47(17-3-1)59-54-30-29-44(36-53(54)52-22-11-31-58-57(52)59)40-15-10-14-39(32-40)41-24-25-43-35-46(28-26-42(43)33-41)56-50-20-8-6-18-48(50)55(49-19-7-9-21-51(49)56)45-27-23-37-12-4-5-13-38(37)34-45/h1-36H. The molecule has 0 radical (unpaired) electrons. The predicted octanol–water partition coefficient (Wildman–Crippen LogP) is 15.5. The highest BCUT2D eigenvalue weighted by molar-refractivity contribution is 6.22. The number of benzene rings is 10. The number of aromatic nitrogens is 2. The average molecular weight is 749 g/mol. The second-order valence-electron chi connectivity index (χ2n) is 15.5. The molecule has 2 nitrogen and oxygen atoms in total. The lowest BCUT2D eigenvalue weighted by molar-refractivity contribution is 1.14. The molecule has 0 atom stereocenters. The fourth-order valence-electron chi connectivity index (χ4n) is 9.42. The summed E-state index contributed by atoms with van der Waals surface area (Å²) in [6, 6.07) is 77.6. The molecule has 12 aromatic rings. The Morgan fingerprint density at radius 1 is 0.288 bits per heavy atom. The van der Waals surface area contributed by atoms with Gasteiger partial charge in [-0.15, -0.1) is 0 Å². The van der Waals surface area contributed by atoms with Crippen LogP contribution in [-0.2, 0) is 0 Å². The van der Waals surface area contributed by atoms with E-state index in [9.17, 15) is 0 Å². The van der Waals surface area contributed by atoms with Gasteiger partial charge in [0.2, 0.25) is 0 Å². The molecule has 12 rings (SSSR count). The summed E-state index contributed by atoms with van der Waals surface area (Å²) in [6.07, 6.45) is 1.88. The first kappa shape index (κ1) is 33.3. The van der Waals surface area contributed by atoms with Gasteiger partial charge < -0.3 is 0 Å². The Balaban J connectivity index is 0.938. The average Bonchev–Trinajstić information content (AvgIpc) is 3.64. The van der Waals surface area contributed by atoms with Crippen molar-refractivity contribution < 1.29 is 0 Å². The highest BCUT2D eigenvalue weighted by atomic mass is 15.0. The molecular formula is C57H36N2. The smallest absolute Gasteiger partial charge is 0.145 e. The Morgan fingerprint density at radius 3 is 1.42 bits per heavy atom. The number of rotatable bonds is 5. The van der Waals surface area contributed by atoms with Crippen LogP contribution in [0.25, 0.3) is 115 Å². The van der Waals surface area contributed by atoms with Gasteiger partial charge in [-0.05, 0) is 148 Å². The van der Waals surface area contributed by atoms with Crippen molar-refractivity contribution in [2.24, 2.45) is 0 Å². The van der Waals surface area contributed by atoms with Gasteiger partial charge in [-0.2, -0.15) is 0 Å². The van der Waals surface area contributed by atoms with Gasteiger partial charge in [0.15, 0.2) is 0 Å². The lowest BCUT2D eigenvalue weighted by Gasteiger charge is -2.18. The number of pyridine rings is 1. The normalized spacial score (nSPS) is 11.7. The maximum absolute atomic E-state index is 4.81. The third-order valence-corrected chi connectivity index (χ3v) is 12.2. The summed E-state index contributed by atoms with van der Waals surface area (Å²) in [6.45, 7) is 0. The Labute approximate surface area is 341 Å². The third-order valence-electron chi connectivity index (χ3n) is 12.2. The highest BCUT2D eigenvalue weighted by Gasteiger charge is 2.18. The van der Waals surface area contributed by atoms with Gasteiger partial charge in [-0.25, -0.2) is 4.98 Å². The minimum Gasteiger partial charge on any atom is -0.294 e. The zero-order chi connectivity index (χ0) is 38.9. The SMILES string of the molecule is c1ccc(-n2c3ccc(-c4cccc(-c5ccc6cc(-c7c8ccccc8c(-c8ccc9ccccc9c8)c8ccccc78)ccc6c5)c4)cc3c3cccnc32)cc1. The van der Waals surface area contributed by atoms with Crippen LogP contribution in [0, 0.1) is 0 Å². The van der Waals surface area contributed by atoms with E-state index in [0.717, 1.165) is 22.2 Å². The predicted molar refractivity (Wildman–Crippen MR) is 250 cm³/mol. The second kappa shape index (κ2) is 13.4. The molecule has 10 aromatic carbocycles. The Morgan fingerprint density at radius 2 is 0.763 bits per heavy atom. The van der Waals surface area contributed by atoms with Crippen molar-refractivity contribution in [1.82, 2.24) is 9.55 Å². The van der Waals surface area contributed by atoms with Crippen LogP contribution in [0.1, 0.15) is 0 Å². The summed E-state index contributed by atoms with van der Waals surface area (Å²) >= 11 is 0. The molecule has 274 valence electrons. The van der Waals surface area contributed by atoms with Crippen LogP contribution in [-0.4, -0.2) is 9.55 Å². The van der Waals surface area contributed by atoms with Gasteiger partial charge in [0.25, 0.3) is 0 Å². The molecule has 0 saturated carbocycles. The molecule has 2 heterocycles. The van der Waals surface area contributed by atoms with E-state index in [-0.39, 0.29) is 0 Å². The molecule has 0 amide bonds. The van der Waals surface area contributed by atoms with E-state index in [1.807, 2.05) is 12.3 Å². The topological polar surface area (TPSA) is 17.8 Å². The van der Waals surface area contributed by atoms with E-state index >= 15 is 0 Å². The highest BCUT2D eigenvalue weighted by Crippen LogP contribution is 2.45. The van der Waals surface area contributed by atoms with E-state index < -0.39 is 0 Å². The van der Waals surface area contributed by atoms with E-state index in [4.69, 9.17) is 4.98 Å². The van der Waals surface area contributed by atoms with Crippen molar-refractivity contribution in [3.63, 3.8) is 0 Å². The molecule has 2 heteroatoms. The van der Waals surface area contributed by atoms with Gasteiger partial charge >= 0.3 is 0 Å². The van der Waals surface area contributed by atoms with E-state index in [1.54, 1.807) is 0 Å². The zero-order valence-corrected chi connectivity index (χ0v) is 32.2. The summed E-state index contributed by atoms with van der Waals surface area (Å²) in [4.78, 5) is 4.81. The first-order valence-electron chi connectivity index (χ1n) is 20.3. The van der Waals surface area contributed by atoms with Crippen molar-refractivity contribution in [3.8, 4) is 50.2 Å². The first-order valence-corrected chi connectivity index (χ1v) is 20.3. The quantitative estimate of drug-likeness (QED) is 0.160. The van der Waals surface area contributed by atoms with Gasteiger partial charge in [0.05, 0.1) is 5.52 Å². The molecule has 0 aliphatic carbocycles. The van der Waals surface area contributed by atoms with Crippen molar-refractivity contribution in [1.29, 1.82) is 0 Å². The van der Waals surface area contributed by atoms with Crippen molar-refractivity contribution in [2.45, 2.75) is 0 Å². The molecular weight excluding hydrogens is 713 g/mol. The maximum Gasteiger partial charge on any atom is 0.145 e. The molecule has 0 aliphatic rings. The van der Waals surface area contributed by atoms with E-state index in [1.165, 1.54) is 93.0 Å². The van der Waals surface area contributed by atoms with Gasteiger partial charge in [-0.3, -0.25) is 4.57 Å². The molecule has 0 fully saturated rings. The van der Waals surface area contributed by atoms with Crippen LogP contribution in [0.4, 0.5) is 0 Å². The molecule has 0 saturated heterocycles. The van der Waals surface area contributed by atoms with Crippen LogP contribution in [0.5, 0.6) is 0 Å². The van der Waals surface area contributed by atoms with E-state index in [2.05, 4.69) is 211 Å². The number of hydrogen-bond donors (Lipinski definition) is 0. The molecule has 0 aliphatic heterocycles. The third kappa shape index (κ3) is 5.45. The number of hydrogen-bond acceptors (Lipinski definition) is 1. The molecule has 2 aromatic heterocycles. The molecule has 0 unspecified atom stereocenters. The van der Waals surface area contributed by atoms with Crippen LogP contribution in [0.2, 0.25) is 0 Å². The Bertz CT molecular complexity index is 3560. The summed E-state index contributed by atoms with van der Waals surface area (Å²) in [5.41, 5.74) is 13.0. The second-order valence-corrected chi connectivity index (χ2v) is 15.5. The number of fused-ring (bicyclic) bond motifs is 7. The van der Waals surface area contributed by atoms with Crippen LogP contribution < -0.4 is 0 Å². The van der Waals surface area contributed by atoms with Crippen LogP contribution >= 0.6 is 0 Å². The lowest BCUT2D eigenvalue weighted by atomic mass is 9.85. The largest absolute Gasteiger partial charge is 0.294 e. The summed E-state index contributed by atoms with van der Waals surface area (Å²) in [5.74, 6) is 0. The molecule has 0 spiro atoms. The van der Waals surface area contributed by atoms with Crippen molar-refractivity contribution in [2.75, 3.05) is 0 Å². The van der Waals surface area contributed by atoms with E-state index in [0.29, 0.717) is 0 Å². The summed E-state index contributed by atoms with van der Waals surface area (Å²) in [7, 11) is 0. The summed E-state index contributed by atoms with van der Waals surface area (Å²) < 4.78 is 2.26. The van der Waals surface area contributed by atoms with Gasteiger partial charge in [0.1, 0.15) is 5.65 Å². The fraction of sp³-hybridized carbons (Fsp3) is 0. The Hall–Kier alpha value is -7.81. The Kier molecular flexibility index (Phi) is 7.57. The van der Waals surface area contributed by atoms with Crippen molar-refractivity contribution >= 4 is 65.0 Å².